The van der Waals surface area contributed by atoms with Crippen LogP contribution in [0, 0.1) is 11.3 Å². The first-order valence-electron chi connectivity index (χ1n) is 5.21. The van der Waals surface area contributed by atoms with Crippen LogP contribution in [0.15, 0.2) is 18.2 Å². The van der Waals surface area contributed by atoms with Crippen LogP contribution < -0.4 is 5.32 Å². The van der Waals surface area contributed by atoms with Crippen molar-refractivity contribution in [2.24, 2.45) is 0 Å². The lowest BCUT2D eigenvalue weighted by Gasteiger charge is -2.23. The molecule has 15 heavy (non-hydrogen) atoms. The maximum absolute atomic E-state index is 9.04. The van der Waals surface area contributed by atoms with E-state index in [1.807, 2.05) is 12.1 Å². The van der Waals surface area contributed by atoms with Crippen LogP contribution in [-0.4, -0.2) is 13.1 Å². The van der Waals surface area contributed by atoms with Crippen molar-refractivity contribution in [2.45, 2.75) is 18.8 Å². The molecule has 0 amide bonds. The van der Waals surface area contributed by atoms with Crippen LogP contribution in [0.3, 0.4) is 0 Å². The molecule has 1 unspecified atom stereocenters. The summed E-state index contributed by atoms with van der Waals surface area (Å²) in [6.07, 6.45) is 2.33. The molecule has 1 N–H and O–H groups in total. The Morgan fingerprint density at radius 2 is 2.33 bits per heavy atom. The summed E-state index contributed by atoms with van der Waals surface area (Å²) in [7, 11) is 0. The fourth-order valence-electron chi connectivity index (χ4n) is 2.10. The summed E-state index contributed by atoms with van der Waals surface area (Å²) in [6.45, 7) is 2.06. The van der Waals surface area contributed by atoms with Crippen molar-refractivity contribution in [2.75, 3.05) is 13.1 Å². The smallest absolute Gasteiger partial charge is 0.0995 e. The Balaban J connectivity index is 2.30. The molecule has 1 aromatic carbocycles. The molecule has 1 atom stereocenters. The monoisotopic (exact) mass is 220 g/mol. The molecule has 2 nitrogen and oxygen atoms in total. The van der Waals surface area contributed by atoms with Crippen LogP contribution in [0.25, 0.3) is 0 Å². The summed E-state index contributed by atoms with van der Waals surface area (Å²) in [5.41, 5.74) is 1.85. The standard InChI is InChI=1S/C12H13ClN2/c13-11-3-4-12(10(6-11)7-14)9-2-1-5-15-8-9/h3-4,6,9,15H,1-2,5,8H2. The van der Waals surface area contributed by atoms with Gasteiger partial charge in [-0.1, -0.05) is 17.7 Å². The fourth-order valence-corrected chi connectivity index (χ4v) is 2.27. The van der Waals surface area contributed by atoms with Gasteiger partial charge in [-0.15, -0.1) is 0 Å². The van der Waals surface area contributed by atoms with Crippen molar-refractivity contribution in [3.05, 3.63) is 34.3 Å². The van der Waals surface area contributed by atoms with Gasteiger partial charge in [0.2, 0.25) is 0 Å². The van der Waals surface area contributed by atoms with Crippen molar-refractivity contribution in [3.8, 4) is 6.07 Å². The van der Waals surface area contributed by atoms with Crippen molar-refractivity contribution in [1.29, 1.82) is 5.26 Å². The highest BCUT2D eigenvalue weighted by atomic mass is 35.5. The predicted molar refractivity (Wildman–Crippen MR) is 61.0 cm³/mol. The van der Waals surface area contributed by atoms with Gasteiger partial charge >= 0.3 is 0 Å². The summed E-state index contributed by atoms with van der Waals surface area (Å²) in [5, 5.41) is 13.0. The lowest BCUT2D eigenvalue weighted by atomic mass is 9.89. The van der Waals surface area contributed by atoms with E-state index in [1.54, 1.807) is 6.07 Å². The third-order valence-electron chi connectivity index (χ3n) is 2.87. The SMILES string of the molecule is N#Cc1cc(Cl)ccc1C1CCCNC1. The molecular weight excluding hydrogens is 208 g/mol. The molecule has 1 fully saturated rings. The number of nitriles is 1. The second-order valence-electron chi connectivity index (χ2n) is 3.89. The molecule has 1 heterocycles. The third-order valence-corrected chi connectivity index (χ3v) is 3.11. The average Bonchev–Trinajstić information content (AvgIpc) is 2.30. The second-order valence-corrected chi connectivity index (χ2v) is 4.32. The quantitative estimate of drug-likeness (QED) is 0.790. The molecule has 1 saturated heterocycles. The first kappa shape index (κ1) is 10.5. The number of hydrogen-bond acceptors (Lipinski definition) is 2. The minimum atomic E-state index is 0.464. The highest BCUT2D eigenvalue weighted by Crippen LogP contribution is 2.27. The fraction of sp³-hybridized carbons (Fsp3) is 0.417. The van der Waals surface area contributed by atoms with Gasteiger partial charge in [-0.25, -0.2) is 0 Å². The van der Waals surface area contributed by atoms with Gasteiger partial charge in [0.05, 0.1) is 11.6 Å². The molecule has 0 bridgehead atoms. The van der Waals surface area contributed by atoms with E-state index in [9.17, 15) is 0 Å². The van der Waals surface area contributed by atoms with E-state index in [1.165, 1.54) is 6.42 Å². The lowest BCUT2D eigenvalue weighted by Crippen LogP contribution is -2.28. The first-order chi connectivity index (χ1) is 7.31. The first-order valence-corrected chi connectivity index (χ1v) is 5.59. The number of rotatable bonds is 1. The van der Waals surface area contributed by atoms with Crippen molar-refractivity contribution < 1.29 is 0 Å². The Hall–Kier alpha value is -1.04. The zero-order valence-corrected chi connectivity index (χ0v) is 9.22. The minimum absolute atomic E-state index is 0.464. The number of halogens is 1. The molecular formula is C12H13ClN2. The van der Waals surface area contributed by atoms with E-state index in [2.05, 4.69) is 11.4 Å². The molecule has 0 aromatic heterocycles. The molecule has 78 valence electrons. The minimum Gasteiger partial charge on any atom is -0.316 e. The van der Waals surface area contributed by atoms with Crippen molar-refractivity contribution in [1.82, 2.24) is 5.32 Å². The Morgan fingerprint density at radius 3 is 3.00 bits per heavy atom. The van der Waals surface area contributed by atoms with Gasteiger partial charge in [0.15, 0.2) is 0 Å². The van der Waals surface area contributed by atoms with Gasteiger partial charge in [-0.2, -0.15) is 5.26 Å². The van der Waals surface area contributed by atoms with E-state index in [4.69, 9.17) is 16.9 Å². The van der Waals surface area contributed by atoms with Crippen LogP contribution in [0.5, 0.6) is 0 Å². The van der Waals surface area contributed by atoms with Crippen LogP contribution in [0.4, 0.5) is 0 Å². The summed E-state index contributed by atoms with van der Waals surface area (Å²) >= 11 is 5.87. The normalized spacial score (nSPS) is 20.9. The van der Waals surface area contributed by atoms with Gasteiger partial charge in [0, 0.05) is 11.6 Å². The molecule has 0 spiro atoms. The Kier molecular flexibility index (Phi) is 3.25. The second kappa shape index (κ2) is 4.65. The van der Waals surface area contributed by atoms with Crippen molar-refractivity contribution in [3.63, 3.8) is 0 Å². The topological polar surface area (TPSA) is 35.8 Å². The molecule has 1 aliphatic rings. The highest BCUT2D eigenvalue weighted by Gasteiger charge is 2.18. The van der Waals surface area contributed by atoms with Gasteiger partial charge in [0.25, 0.3) is 0 Å². The van der Waals surface area contributed by atoms with Crippen LogP contribution >= 0.6 is 11.6 Å². The number of benzene rings is 1. The number of nitrogens with zero attached hydrogens (tertiary/aromatic N) is 1. The Morgan fingerprint density at radius 1 is 1.47 bits per heavy atom. The van der Waals surface area contributed by atoms with Gasteiger partial charge in [0.1, 0.15) is 0 Å². The summed E-state index contributed by atoms with van der Waals surface area (Å²) in [4.78, 5) is 0. The Bertz CT molecular complexity index is 389. The molecule has 3 heteroatoms. The Labute approximate surface area is 94.9 Å². The molecule has 1 aliphatic heterocycles. The van der Waals surface area contributed by atoms with Crippen LogP contribution in [-0.2, 0) is 0 Å². The van der Waals surface area contributed by atoms with E-state index in [-0.39, 0.29) is 0 Å². The summed E-state index contributed by atoms with van der Waals surface area (Å²) in [5.74, 6) is 0.464. The maximum atomic E-state index is 9.04. The summed E-state index contributed by atoms with van der Waals surface area (Å²) < 4.78 is 0. The van der Waals surface area contributed by atoms with Crippen molar-refractivity contribution >= 4 is 11.6 Å². The average molecular weight is 221 g/mol. The molecule has 1 aromatic rings. The molecule has 0 radical (unpaired) electrons. The molecule has 2 rings (SSSR count). The number of hydrogen-bond donors (Lipinski definition) is 1. The predicted octanol–water partition coefficient (Wildman–Crippen LogP) is 2.68. The van der Waals surface area contributed by atoms with E-state index in [0.29, 0.717) is 10.9 Å². The third kappa shape index (κ3) is 2.31. The zero-order chi connectivity index (χ0) is 10.7. The van der Waals surface area contributed by atoms with E-state index in [0.717, 1.165) is 30.6 Å². The lowest BCUT2D eigenvalue weighted by molar-refractivity contribution is 0.461. The highest BCUT2D eigenvalue weighted by molar-refractivity contribution is 6.30. The molecule has 0 saturated carbocycles. The van der Waals surface area contributed by atoms with Gasteiger partial charge in [-0.05, 0) is 43.0 Å². The van der Waals surface area contributed by atoms with E-state index >= 15 is 0 Å². The van der Waals surface area contributed by atoms with Crippen LogP contribution in [0.2, 0.25) is 5.02 Å². The maximum Gasteiger partial charge on any atom is 0.0995 e. The van der Waals surface area contributed by atoms with E-state index < -0.39 is 0 Å². The molecule has 0 aliphatic carbocycles. The van der Waals surface area contributed by atoms with Gasteiger partial charge < -0.3 is 5.32 Å². The zero-order valence-electron chi connectivity index (χ0n) is 8.46. The number of nitrogens with one attached hydrogen (secondary N) is 1. The largest absolute Gasteiger partial charge is 0.316 e. The summed E-state index contributed by atoms with van der Waals surface area (Å²) in [6, 6.07) is 7.83. The van der Waals surface area contributed by atoms with Crippen LogP contribution in [0.1, 0.15) is 29.9 Å². The number of piperidine rings is 1. The van der Waals surface area contributed by atoms with Gasteiger partial charge in [-0.3, -0.25) is 0 Å².